The predicted octanol–water partition coefficient (Wildman–Crippen LogP) is 1.36. The van der Waals surface area contributed by atoms with Crippen molar-refractivity contribution < 1.29 is 5.11 Å². The van der Waals surface area contributed by atoms with E-state index in [1.165, 1.54) is 4.88 Å². The van der Waals surface area contributed by atoms with Crippen LogP contribution in [0.1, 0.15) is 11.3 Å². The number of nitrogens with zero attached hydrogens (tertiary/aromatic N) is 1. The summed E-state index contributed by atoms with van der Waals surface area (Å²) in [5.74, 6) is 0. The lowest BCUT2D eigenvalue weighted by atomic mass is 10.3. The van der Waals surface area contributed by atoms with Crippen LogP contribution in [0, 0.1) is 0 Å². The highest BCUT2D eigenvalue weighted by Gasteiger charge is 2.19. The molecule has 0 saturated carbocycles. The molecular formula is C10H15NOS. The molecular weight excluding hydrogens is 182 g/mol. The van der Waals surface area contributed by atoms with Gasteiger partial charge in [0.25, 0.3) is 0 Å². The van der Waals surface area contributed by atoms with Crippen molar-refractivity contribution in [2.75, 3.05) is 19.6 Å². The van der Waals surface area contributed by atoms with Crippen LogP contribution in [0.4, 0.5) is 0 Å². The van der Waals surface area contributed by atoms with Crippen LogP contribution in [0.5, 0.6) is 0 Å². The molecule has 2 rings (SSSR count). The Balaban J connectivity index is 1.74. The Labute approximate surface area is 82.8 Å². The van der Waals surface area contributed by atoms with E-state index in [4.69, 9.17) is 0 Å². The molecule has 0 spiro atoms. The van der Waals surface area contributed by atoms with E-state index < -0.39 is 0 Å². The summed E-state index contributed by atoms with van der Waals surface area (Å²) in [4.78, 5) is 3.78. The lowest BCUT2D eigenvalue weighted by Gasteiger charge is -2.13. The molecule has 2 nitrogen and oxygen atoms in total. The first kappa shape index (κ1) is 9.19. The predicted molar refractivity (Wildman–Crippen MR) is 55.1 cm³/mol. The molecule has 0 amide bonds. The Kier molecular flexibility index (Phi) is 2.98. The van der Waals surface area contributed by atoms with Crippen LogP contribution in [0.15, 0.2) is 17.5 Å². The molecule has 0 aromatic carbocycles. The first-order valence-corrected chi connectivity index (χ1v) is 5.65. The molecule has 1 aliphatic rings. The summed E-state index contributed by atoms with van der Waals surface area (Å²) in [6, 6.07) is 4.27. The number of likely N-dealkylation sites (tertiary alicyclic amines) is 1. The minimum Gasteiger partial charge on any atom is -0.392 e. The summed E-state index contributed by atoms with van der Waals surface area (Å²) < 4.78 is 0. The van der Waals surface area contributed by atoms with E-state index in [0.717, 1.165) is 32.5 Å². The van der Waals surface area contributed by atoms with Crippen molar-refractivity contribution in [3.8, 4) is 0 Å². The van der Waals surface area contributed by atoms with Gasteiger partial charge in [0.1, 0.15) is 0 Å². The van der Waals surface area contributed by atoms with Crippen LogP contribution < -0.4 is 0 Å². The van der Waals surface area contributed by atoms with Crippen molar-refractivity contribution in [2.24, 2.45) is 0 Å². The largest absolute Gasteiger partial charge is 0.392 e. The third-order valence-corrected chi connectivity index (χ3v) is 3.44. The number of thiophene rings is 1. The summed E-state index contributed by atoms with van der Waals surface area (Å²) in [5.41, 5.74) is 0. The second kappa shape index (κ2) is 4.22. The van der Waals surface area contributed by atoms with Gasteiger partial charge in [0.2, 0.25) is 0 Å². The van der Waals surface area contributed by atoms with Crippen LogP contribution >= 0.6 is 11.3 Å². The third kappa shape index (κ3) is 2.53. The van der Waals surface area contributed by atoms with E-state index in [-0.39, 0.29) is 6.10 Å². The molecule has 72 valence electrons. The number of rotatable bonds is 3. The van der Waals surface area contributed by atoms with E-state index in [0.29, 0.717) is 0 Å². The van der Waals surface area contributed by atoms with E-state index in [1.54, 1.807) is 0 Å². The topological polar surface area (TPSA) is 23.5 Å². The highest BCUT2D eigenvalue weighted by Crippen LogP contribution is 2.13. The molecule has 2 heterocycles. The van der Waals surface area contributed by atoms with Crippen molar-refractivity contribution in [1.82, 2.24) is 4.90 Å². The molecule has 1 saturated heterocycles. The lowest BCUT2D eigenvalue weighted by Crippen LogP contribution is -2.24. The van der Waals surface area contributed by atoms with Crippen LogP contribution in [-0.4, -0.2) is 35.7 Å². The van der Waals surface area contributed by atoms with Gasteiger partial charge in [-0.05, 0) is 24.3 Å². The Morgan fingerprint density at radius 1 is 1.62 bits per heavy atom. The maximum Gasteiger partial charge on any atom is 0.0679 e. The van der Waals surface area contributed by atoms with E-state index >= 15 is 0 Å². The van der Waals surface area contributed by atoms with Crippen molar-refractivity contribution in [1.29, 1.82) is 0 Å². The Morgan fingerprint density at radius 3 is 3.15 bits per heavy atom. The standard InChI is InChI=1S/C10H15NOS/c12-9-3-5-11(8-9)6-4-10-2-1-7-13-10/h1-2,7,9,12H,3-6,8H2/t9-/m0/s1. The smallest absolute Gasteiger partial charge is 0.0679 e. The summed E-state index contributed by atoms with van der Waals surface area (Å²) in [5, 5.41) is 11.4. The van der Waals surface area contributed by atoms with Gasteiger partial charge in [-0.2, -0.15) is 0 Å². The summed E-state index contributed by atoms with van der Waals surface area (Å²) >= 11 is 1.82. The third-order valence-electron chi connectivity index (χ3n) is 2.50. The summed E-state index contributed by atoms with van der Waals surface area (Å²) in [7, 11) is 0. The molecule has 0 radical (unpaired) electrons. The van der Waals surface area contributed by atoms with Gasteiger partial charge < -0.3 is 10.0 Å². The van der Waals surface area contributed by atoms with Gasteiger partial charge in [0, 0.05) is 24.5 Å². The van der Waals surface area contributed by atoms with Gasteiger partial charge in [0.05, 0.1) is 6.10 Å². The fourth-order valence-corrected chi connectivity index (χ4v) is 2.44. The van der Waals surface area contributed by atoms with Crippen molar-refractivity contribution in [3.63, 3.8) is 0 Å². The number of hydrogen-bond donors (Lipinski definition) is 1. The number of β-amino-alcohol motifs (C(OH)–C–C–N with tert-alkyl or cyclic N) is 1. The molecule has 1 aromatic heterocycles. The van der Waals surface area contributed by atoms with Crippen LogP contribution in [0.2, 0.25) is 0 Å². The molecule has 1 N–H and O–H groups in total. The van der Waals surface area contributed by atoms with Gasteiger partial charge in [-0.25, -0.2) is 0 Å². The fraction of sp³-hybridized carbons (Fsp3) is 0.600. The molecule has 1 atom stereocenters. The van der Waals surface area contributed by atoms with Gasteiger partial charge in [-0.15, -0.1) is 11.3 Å². The number of aliphatic hydroxyl groups excluding tert-OH is 1. The average Bonchev–Trinajstić information content (AvgIpc) is 2.71. The van der Waals surface area contributed by atoms with Crippen LogP contribution in [-0.2, 0) is 6.42 Å². The quantitative estimate of drug-likeness (QED) is 0.791. The Morgan fingerprint density at radius 2 is 2.54 bits per heavy atom. The van der Waals surface area contributed by atoms with Gasteiger partial charge in [0.15, 0.2) is 0 Å². The number of aliphatic hydroxyl groups is 1. The zero-order valence-electron chi connectivity index (χ0n) is 7.65. The first-order chi connectivity index (χ1) is 6.34. The molecule has 1 aromatic rings. The maximum atomic E-state index is 9.32. The zero-order valence-corrected chi connectivity index (χ0v) is 8.46. The van der Waals surface area contributed by atoms with E-state index in [1.807, 2.05) is 11.3 Å². The Bertz CT molecular complexity index is 247. The molecule has 13 heavy (non-hydrogen) atoms. The fourth-order valence-electron chi connectivity index (χ4n) is 1.74. The first-order valence-electron chi connectivity index (χ1n) is 4.77. The van der Waals surface area contributed by atoms with Gasteiger partial charge in [-0.3, -0.25) is 0 Å². The second-order valence-electron chi connectivity index (χ2n) is 3.57. The average molecular weight is 197 g/mol. The van der Waals surface area contributed by atoms with Crippen molar-refractivity contribution in [3.05, 3.63) is 22.4 Å². The minimum absolute atomic E-state index is 0.0802. The van der Waals surface area contributed by atoms with Crippen molar-refractivity contribution in [2.45, 2.75) is 18.9 Å². The minimum atomic E-state index is -0.0802. The SMILES string of the molecule is O[C@H]1CCN(CCc2cccs2)C1. The highest BCUT2D eigenvalue weighted by atomic mass is 32.1. The number of hydrogen-bond acceptors (Lipinski definition) is 3. The summed E-state index contributed by atoms with van der Waals surface area (Å²) in [6.07, 6.45) is 2.00. The van der Waals surface area contributed by atoms with Gasteiger partial charge >= 0.3 is 0 Å². The molecule has 3 heteroatoms. The van der Waals surface area contributed by atoms with E-state index in [9.17, 15) is 5.11 Å². The second-order valence-corrected chi connectivity index (χ2v) is 4.60. The van der Waals surface area contributed by atoms with Crippen molar-refractivity contribution >= 4 is 11.3 Å². The monoisotopic (exact) mass is 197 g/mol. The normalized spacial score (nSPS) is 23.9. The molecule has 0 aliphatic carbocycles. The molecule has 0 bridgehead atoms. The molecule has 0 unspecified atom stereocenters. The van der Waals surface area contributed by atoms with Crippen LogP contribution in [0.25, 0.3) is 0 Å². The van der Waals surface area contributed by atoms with Gasteiger partial charge in [-0.1, -0.05) is 6.07 Å². The zero-order chi connectivity index (χ0) is 9.10. The Hall–Kier alpha value is -0.380. The summed E-state index contributed by atoms with van der Waals surface area (Å²) in [6.45, 7) is 3.02. The highest BCUT2D eigenvalue weighted by molar-refractivity contribution is 7.09. The van der Waals surface area contributed by atoms with E-state index in [2.05, 4.69) is 22.4 Å². The molecule has 1 fully saturated rings. The molecule has 1 aliphatic heterocycles. The lowest BCUT2D eigenvalue weighted by molar-refractivity contribution is 0.177. The maximum absolute atomic E-state index is 9.32. The van der Waals surface area contributed by atoms with Crippen LogP contribution in [0.3, 0.4) is 0 Å².